The molecule has 0 radical (unpaired) electrons. The number of aromatic nitrogens is 3. The van der Waals surface area contributed by atoms with Gasteiger partial charge in [0.15, 0.2) is 0 Å². The molecule has 1 aliphatic heterocycles. The summed E-state index contributed by atoms with van der Waals surface area (Å²) in [6, 6.07) is 16.3. The Bertz CT molecular complexity index is 1170. The number of carbonyl (C=O) groups excluding carboxylic acids is 1. The van der Waals surface area contributed by atoms with Crippen molar-refractivity contribution in [2.75, 3.05) is 23.9 Å². The Balaban J connectivity index is 1.61. The second-order valence-electron chi connectivity index (χ2n) is 6.49. The van der Waals surface area contributed by atoms with Gasteiger partial charge in [-0.05, 0) is 24.3 Å². The number of nitrogens with one attached hydrogen (secondary N) is 1. The van der Waals surface area contributed by atoms with Crippen LogP contribution in [0.4, 0.5) is 17.3 Å². The summed E-state index contributed by atoms with van der Waals surface area (Å²) in [7, 11) is 1.53. The van der Waals surface area contributed by atoms with Gasteiger partial charge in [0, 0.05) is 30.5 Å². The topological polar surface area (TPSA) is 98.5 Å². The molecule has 1 amide bonds. The molecule has 2 aromatic carbocycles. The number of amides is 1. The molecule has 0 fully saturated rings. The van der Waals surface area contributed by atoms with Crippen LogP contribution >= 0.6 is 0 Å². The number of rotatable bonds is 5. The molecule has 0 unspecified atom stereocenters. The van der Waals surface area contributed by atoms with Gasteiger partial charge >= 0.3 is 11.1 Å². The van der Waals surface area contributed by atoms with Gasteiger partial charge in [0.1, 0.15) is 12.3 Å². The molecule has 0 spiro atoms. The lowest BCUT2D eigenvalue weighted by Gasteiger charge is -2.17. The number of carbonyl (C=O) groups is 1. The molecular formula is C20H19N5O4. The molecule has 0 saturated carbocycles. The van der Waals surface area contributed by atoms with Crippen LogP contribution in [0.15, 0.2) is 64.2 Å². The Morgan fingerprint density at radius 1 is 1.07 bits per heavy atom. The van der Waals surface area contributed by atoms with E-state index in [-0.39, 0.29) is 6.54 Å². The Morgan fingerprint density at radius 3 is 2.62 bits per heavy atom. The van der Waals surface area contributed by atoms with Gasteiger partial charge in [0.25, 0.3) is 0 Å². The van der Waals surface area contributed by atoms with E-state index in [0.29, 0.717) is 30.5 Å². The number of nitrogens with zero attached hydrogens (tertiary/aromatic N) is 4. The van der Waals surface area contributed by atoms with Crippen molar-refractivity contribution in [3.63, 3.8) is 0 Å². The minimum atomic E-state index is -0.829. The summed E-state index contributed by atoms with van der Waals surface area (Å²) in [4.78, 5) is 39.2. The molecule has 148 valence electrons. The second kappa shape index (κ2) is 7.63. The van der Waals surface area contributed by atoms with E-state index < -0.39 is 17.0 Å². The summed E-state index contributed by atoms with van der Waals surface area (Å²) in [5.74, 6) is 0.462. The van der Waals surface area contributed by atoms with Crippen LogP contribution in [0.3, 0.4) is 0 Å². The zero-order valence-corrected chi connectivity index (χ0v) is 15.7. The molecule has 2 heterocycles. The largest absolute Gasteiger partial charge is 0.497 e. The number of hydrogen-bond donors (Lipinski definition) is 1. The van der Waals surface area contributed by atoms with Gasteiger partial charge in [0.2, 0.25) is 11.9 Å². The summed E-state index contributed by atoms with van der Waals surface area (Å²) >= 11 is 0. The van der Waals surface area contributed by atoms with E-state index in [1.165, 1.54) is 11.7 Å². The highest BCUT2D eigenvalue weighted by molar-refractivity contribution is 5.90. The van der Waals surface area contributed by atoms with E-state index in [2.05, 4.69) is 10.4 Å². The third kappa shape index (κ3) is 3.62. The predicted octanol–water partition coefficient (Wildman–Crippen LogP) is 1.20. The molecular weight excluding hydrogens is 374 g/mol. The normalized spacial score (nSPS) is 12.5. The van der Waals surface area contributed by atoms with Crippen molar-refractivity contribution in [1.29, 1.82) is 0 Å². The minimum Gasteiger partial charge on any atom is -0.497 e. The summed E-state index contributed by atoms with van der Waals surface area (Å²) in [6.07, 6.45) is 0. The lowest BCUT2D eigenvalue weighted by molar-refractivity contribution is -0.117. The molecule has 9 nitrogen and oxygen atoms in total. The van der Waals surface area contributed by atoms with Gasteiger partial charge in [-0.1, -0.05) is 24.3 Å². The van der Waals surface area contributed by atoms with E-state index >= 15 is 0 Å². The van der Waals surface area contributed by atoms with Crippen molar-refractivity contribution in [2.45, 2.75) is 13.1 Å². The number of hydrogen-bond acceptors (Lipinski definition) is 6. The summed E-state index contributed by atoms with van der Waals surface area (Å²) in [5, 5.41) is 6.98. The first-order valence-corrected chi connectivity index (χ1v) is 9.05. The van der Waals surface area contributed by atoms with Gasteiger partial charge in [0.05, 0.1) is 7.11 Å². The van der Waals surface area contributed by atoms with E-state index in [0.717, 1.165) is 10.4 Å². The van der Waals surface area contributed by atoms with Gasteiger partial charge in [-0.15, -0.1) is 5.10 Å². The highest BCUT2D eigenvalue weighted by Gasteiger charge is 2.26. The number of anilines is 3. The van der Waals surface area contributed by atoms with Crippen LogP contribution in [0.1, 0.15) is 0 Å². The van der Waals surface area contributed by atoms with Gasteiger partial charge in [-0.3, -0.25) is 19.0 Å². The first kappa shape index (κ1) is 18.5. The fraction of sp³-hybridized carbons (Fsp3) is 0.200. The van der Waals surface area contributed by atoms with Crippen molar-refractivity contribution >= 4 is 23.2 Å². The van der Waals surface area contributed by atoms with Crippen LogP contribution in [0.5, 0.6) is 5.75 Å². The third-order valence-electron chi connectivity index (χ3n) is 4.62. The fourth-order valence-electron chi connectivity index (χ4n) is 3.22. The van der Waals surface area contributed by atoms with Crippen molar-refractivity contribution in [2.24, 2.45) is 0 Å². The number of ether oxygens (including phenoxy) is 1. The average molecular weight is 393 g/mol. The molecule has 1 N–H and O–H groups in total. The third-order valence-corrected chi connectivity index (χ3v) is 4.62. The van der Waals surface area contributed by atoms with Crippen LogP contribution in [-0.2, 0) is 17.9 Å². The highest BCUT2D eigenvalue weighted by atomic mass is 16.5. The maximum Gasteiger partial charge on any atom is 0.333 e. The number of para-hydroxylation sites is 1. The Morgan fingerprint density at radius 2 is 1.86 bits per heavy atom. The zero-order valence-electron chi connectivity index (χ0n) is 15.7. The summed E-state index contributed by atoms with van der Waals surface area (Å²) < 4.78 is 7.37. The van der Waals surface area contributed by atoms with Crippen molar-refractivity contribution in [3.8, 4) is 5.75 Å². The first-order chi connectivity index (χ1) is 14.1. The molecule has 0 bridgehead atoms. The summed E-state index contributed by atoms with van der Waals surface area (Å²) in [5.41, 5.74) is -0.144. The fourth-order valence-corrected chi connectivity index (χ4v) is 3.22. The van der Waals surface area contributed by atoms with E-state index in [9.17, 15) is 14.4 Å². The molecule has 0 saturated heterocycles. The van der Waals surface area contributed by atoms with Gasteiger partial charge in [-0.25, -0.2) is 4.68 Å². The number of methoxy groups -OCH3 is 1. The molecule has 9 heteroatoms. The molecule has 0 atom stereocenters. The highest BCUT2D eigenvalue weighted by Crippen LogP contribution is 2.25. The first-order valence-electron chi connectivity index (χ1n) is 9.05. The van der Waals surface area contributed by atoms with Gasteiger partial charge < -0.3 is 15.0 Å². The standard InChI is InChI=1S/C20H19N5O4/c1-29-16-9-5-6-14(12-16)21-17(26)13-25-19(28)18(27)24-11-10-23(20(24)22-25)15-7-3-2-4-8-15/h2-9,12H,10-11,13H2,1H3,(H,21,26). The molecule has 1 aliphatic rings. The molecule has 1 aromatic heterocycles. The maximum atomic E-state index is 12.5. The number of fused-ring (bicyclic) bond motifs is 1. The molecule has 3 aromatic rings. The lowest BCUT2D eigenvalue weighted by atomic mass is 10.3. The molecule has 29 heavy (non-hydrogen) atoms. The van der Waals surface area contributed by atoms with E-state index in [1.54, 1.807) is 24.3 Å². The maximum absolute atomic E-state index is 12.5. The lowest BCUT2D eigenvalue weighted by Crippen LogP contribution is -2.44. The van der Waals surface area contributed by atoms with E-state index in [1.807, 2.05) is 35.2 Å². The molecule has 0 aliphatic carbocycles. The Labute approximate surface area is 165 Å². The van der Waals surface area contributed by atoms with Crippen LogP contribution in [0.2, 0.25) is 0 Å². The summed E-state index contributed by atoms with van der Waals surface area (Å²) in [6.45, 7) is 0.510. The zero-order chi connectivity index (χ0) is 20.4. The smallest absolute Gasteiger partial charge is 0.333 e. The average Bonchev–Trinajstić information content (AvgIpc) is 3.16. The van der Waals surface area contributed by atoms with Gasteiger partial charge in [-0.2, -0.15) is 0 Å². The van der Waals surface area contributed by atoms with Crippen LogP contribution in [-0.4, -0.2) is 33.9 Å². The van der Waals surface area contributed by atoms with Crippen LogP contribution < -0.4 is 26.1 Å². The van der Waals surface area contributed by atoms with E-state index in [4.69, 9.17) is 4.74 Å². The minimum absolute atomic E-state index is 0.343. The number of benzene rings is 2. The van der Waals surface area contributed by atoms with Crippen LogP contribution in [0, 0.1) is 0 Å². The van der Waals surface area contributed by atoms with Crippen molar-refractivity contribution in [1.82, 2.24) is 14.3 Å². The van der Waals surface area contributed by atoms with Crippen molar-refractivity contribution < 1.29 is 9.53 Å². The second-order valence-corrected chi connectivity index (χ2v) is 6.49. The molecule has 4 rings (SSSR count). The SMILES string of the molecule is COc1cccc(NC(=O)Cn2nc3n(c(=O)c2=O)CCN3c2ccccc2)c1. The Kier molecular flexibility index (Phi) is 4.86. The predicted molar refractivity (Wildman–Crippen MR) is 108 cm³/mol. The quantitative estimate of drug-likeness (QED) is 0.654. The Hall–Kier alpha value is -3.88. The van der Waals surface area contributed by atoms with Crippen molar-refractivity contribution in [3.05, 3.63) is 75.3 Å². The van der Waals surface area contributed by atoms with Crippen LogP contribution in [0.25, 0.3) is 0 Å². The monoisotopic (exact) mass is 393 g/mol.